The molecule has 1 aliphatic carbocycles. The summed E-state index contributed by atoms with van der Waals surface area (Å²) in [4.78, 5) is 11.3. The molecular formula is C10H17NO2. The molecule has 0 unspecified atom stereocenters. The van der Waals surface area contributed by atoms with Crippen LogP contribution < -0.4 is 5.32 Å². The second-order valence-electron chi connectivity index (χ2n) is 4.13. The van der Waals surface area contributed by atoms with Crippen LogP contribution in [0.2, 0.25) is 0 Å². The summed E-state index contributed by atoms with van der Waals surface area (Å²) in [5, 5.41) is 3.37. The summed E-state index contributed by atoms with van der Waals surface area (Å²) in [6, 6.07) is 0.552. The molecule has 13 heavy (non-hydrogen) atoms. The fraction of sp³-hybridized carbons (Fsp3) is 0.900. The summed E-state index contributed by atoms with van der Waals surface area (Å²) in [6.45, 7) is 0. The van der Waals surface area contributed by atoms with Crippen molar-refractivity contribution in [2.24, 2.45) is 5.92 Å². The number of carbonyl (C=O) groups excluding carboxylic acids is 1. The molecule has 1 saturated heterocycles. The Balaban J connectivity index is 1.94. The monoisotopic (exact) mass is 183 g/mol. The smallest absolute Gasteiger partial charge is 0.322 e. The minimum absolute atomic E-state index is 0.0295. The van der Waals surface area contributed by atoms with Crippen molar-refractivity contribution in [3.8, 4) is 0 Å². The van der Waals surface area contributed by atoms with Crippen molar-refractivity contribution < 1.29 is 9.53 Å². The van der Waals surface area contributed by atoms with Gasteiger partial charge in [-0.2, -0.15) is 0 Å². The van der Waals surface area contributed by atoms with Gasteiger partial charge >= 0.3 is 5.97 Å². The standard InChI is InChI=1S/C10H17NO2/c1-13-10(12)9-6-7-4-2-3-5-8(7)11-9/h7-9,11H,2-6H2,1H3/t7-,8-,9-/m0/s1. The Labute approximate surface area is 78.8 Å². The van der Waals surface area contributed by atoms with Crippen molar-refractivity contribution in [1.82, 2.24) is 5.32 Å². The Hall–Kier alpha value is -0.570. The quantitative estimate of drug-likeness (QED) is 0.618. The van der Waals surface area contributed by atoms with Gasteiger partial charge in [0.05, 0.1) is 7.11 Å². The Morgan fingerprint density at radius 2 is 2.15 bits per heavy atom. The van der Waals surface area contributed by atoms with E-state index in [1.54, 1.807) is 0 Å². The molecule has 2 aliphatic rings. The lowest BCUT2D eigenvalue weighted by Crippen LogP contribution is -2.37. The second-order valence-corrected chi connectivity index (χ2v) is 4.13. The lowest BCUT2D eigenvalue weighted by atomic mass is 9.85. The summed E-state index contributed by atoms with van der Waals surface area (Å²) in [7, 11) is 1.46. The number of nitrogens with one attached hydrogen (secondary N) is 1. The lowest BCUT2D eigenvalue weighted by Gasteiger charge is -2.24. The molecule has 3 atom stereocenters. The Morgan fingerprint density at radius 3 is 2.85 bits per heavy atom. The molecule has 0 bridgehead atoms. The van der Waals surface area contributed by atoms with Gasteiger partial charge in [0.15, 0.2) is 0 Å². The molecule has 2 fully saturated rings. The molecule has 0 radical (unpaired) electrons. The van der Waals surface area contributed by atoms with Crippen molar-refractivity contribution in [2.75, 3.05) is 7.11 Å². The van der Waals surface area contributed by atoms with Crippen molar-refractivity contribution in [3.05, 3.63) is 0 Å². The topological polar surface area (TPSA) is 38.3 Å². The maximum absolute atomic E-state index is 11.3. The summed E-state index contributed by atoms with van der Waals surface area (Å²) in [6.07, 6.45) is 6.14. The number of hydrogen-bond donors (Lipinski definition) is 1. The van der Waals surface area contributed by atoms with Crippen LogP contribution in [0.3, 0.4) is 0 Å². The van der Waals surface area contributed by atoms with Crippen LogP contribution in [0.25, 0.3) is 0 Å². The van der Waals surface area contributed by atoms with Crippen molar-refractivity contribution in [3.63, 3.8) is 0 Å². The number of esters is 1. The molecule has 0 spiro atoms. The van der Waals surface area contributed by atoms with E-state index in [-0.39, 0.29) is 12.0 Å². The van der Waals surface area contributed by atoms with Crippen LogP contribution in [0.5, 0.6) is 0 Å². The fourth-order valence-electron chi connectivity index (χ4n) is 2.64. The van der Waals surface area contributed by atoms with Gasteiger partial charge in [-0.1, -0.05) is 12.8 Å². The molecule has 1 N–H and O–H groups in total. The van der Waals surface area contributed by atoms with Gasteiger partial charge in [0.1, 0.15) is 6.04 Å². The molecule has 0 aromatic rings. The number of methoxy groups -OCH3 is 1. The molecule has 3 heteroatoms. The lowest BCUT2D eigenvalue weighted by molar-refractivity contribution is -0.142. The largest absolute Gasteiger partial charge is 0.468 e. The number of hydrogen-bond acceptors (Lipinski definition) is 3. The molecular weight excluding hydrogens is 166 g/mol. The number of carbonyl (C=O) groups is 1. The van der Waals surface area contributed by atoms with Crippen LogP contribution in [0.1, 0.15) is 32.1 Å². The van der Waals surface area contributed by atoms with Gasteiger partial charge in [0, 0.05) is 6.04 Å². The van der Waals surface area contributed by atoms with Crippen molar-refractivity contribution >= 4 is 5.97 Å². The highest BCUT2D eigenvalue weighted by Gasteiger charge is 2.38. The first-order valence-electron chi connectivity index (χ1n) is 5.15. The van der Waals surface area contributed by atoms with E-state index in [0.29, 0.717) is 6.04 Å². The molecule has 0 aromatic heterocycles. The molecule has 74 valence electrons. The molecule has 1 saturated carbocycles. The summed E-state index contributed by atoms with van der Waals surface area (Å²) >= 11 is 0. The van der Waals surface area contributed by atoms with Crippen molar-refractivity contribution in [1.29, 1.82) is 0 Å². The van der Waals surface area contributed by atoms with Crippen LogP contribution in [0.4, 0.5) is 0 Å². The first kappa shape index (κ1) is 9.00. The van der Waals surface area contributed by atoms with E-state index < -0.39 is 0 Å². The third kappa shape index (κ3) is 1.70. The minimum Gasteiger partial charge on any atom is -0.468 e. The first-order valence-corrected chi connectivity index (χ1v) is 5.15. The average molecular weight is 183 g/mol. The van der Waals surface area contributed by atoms with Crippen LogP contribution in [0, 0.1) is 5.92 Å². The maximum Gasteiger partial charge on any atom is 0.322 e. The van der Waals surface area contributed by atoms with E-state index in [4.69, 9.17) is 4.74 Å². The van der Waals surface area contributed by atoms with Gasteiger partial charge in [-0.05, 0) is 25.2 Å². The van der Waals surface area contributed by atoms with E-state index in [1.165, 1.54) is 32.8 Å². The highest BCUT2D eigenvalue weighted by molar-refractivity contribution is 5.76. The second kappa shape index (κ2) is 3.66. The summed E-state index contributed by atoms with van der Waals surface area (Å²) in [5.41, 5.74) is 0. The number of fused-ring (bicyclic) bond motifs is 1. The van der Waals surface area contributed by atoms with Crippen LogP contribution in [0.15, 0.2) is 0 Å². The molecule has 0 aromatic carbocycles. The van der Waals surface area contributed by atoms with E-state index >= 15 is 0 Å². The van der Waals surface area contributed by atoms with Crippen LogP contribution in [-0.4, -0.2) is 25.2 Å². The van der Waals surface area contributed by atoms with E-state index in [2.05, 4.69) is 5.32 Å². The van der Waals surface area contributed by atoms with Gasteiger partial charge in [-0.25, -0.2) is 0 Å². The predicted molar refractivity (Wildman–Crippen MR) is 49.3 cm³/mol. The number of rotatable bonds is 1. The fourth-order valence-corrected chi connectivity index (χ4v) is 2.64. The first-order chi connectivity index (χ1) is 6.31. The highest BCUT2D eigenvalue weighted by atomic mass is 16.5. The normalized spacial score (nSPS) is 38.4. The summed E-state index contributed by atoms with van der Waals surface area (Å²) in [5.74, 6) is 0.632. The van der Waals surface area contributed by atoms with Gasteiger partial charge in [0.25, 0.3) is 0 Å². The van der Waals surface area contributed by atoms with E-state index in [9.17, 15) is 4.79 Å². The molecule has 3 nitrogen and oxygen atoms in total. The van der Waals surface area contributed by atoms with Gasteiger partial charge < -0.3 is 10.1 Å². The Morgan fingerprint density at radius 1 is 1.38 bits per heavy atom. The number of ether oxygens (including phenoxy) is 1. The highest BCUT2D eigenvalue weighted by Crippen LogP contribution is 2.33. The van der Waals surface area contributed by atoms with Crippen LogP contribution >= 0.6 is 0 Å². The van der Waals surface area contributed by atoms with Gasteiger partial charge in [0.2, 0.25) is 0 Å². The van der Waals surface area contributed by atoms with E-state index in [1.807, 2.05) is 0 Å². The molecule has 0 amide bonds. The van der Waals surface area contributed by atoms with Crippen LogP contribution in [-0.2, 0) is 9.53 Å². The average Bonchev–Trinajstić information content (AvgIpc) is 2.59. The predicted octanol–water partition coefficient (Wildman–Crippen LogP) is 1.08. The van der Waals surface area contributed by atoms with Gasteiger partial charge in [-0.15, -0.1) is 0 Å². The van der Waals surface area contributed by atoms with Crippen molar-refractivity contribution in [2.45, 2.75) is 44.2 Å². The van der Waals surface area contributed by atoms with E-state index in [0.717, 1.165) is 12.3 Å². The Bertz CT molecular complexity index is 191. The molecule has 1 aliphatic heterocycles. The molecule has 2 rings (SSSR count). The van der Waals surface area contributed by atoms with Gasteiger partial charge in [-0.3, -0.25) is 4.79 Å². The zero-order valence-corrected chi connectivity index (χ0v) is 8.08. The third-order valence-corrected chi connectivity index (χ3v) is 3.35. The SMILES string of the molecule is COC(=O)[C@@H]1C[C@@H]2CCCC[C@@H]2N1. The Kier molecular flexibility index (Phi) is 2.54. The third-order valence-electron chi connectivity index (χ3n) is 3.35. The summed E-state index contributed by atoms with van der Waals surface area (Å²) < 4.78 is 4.74. The zero-order chi connectivity index (χ0) is 9.26. The maximum atomic E-state index is 11.3. The molecule has 1 heterocycles. The minimum atomic E-state index is -0.0885. The zero-order valence-electron chi connectivity index (χ0n) is 8.08.